The number of rotatable bonds is 6. The molecule has 0 unspecified atom stereocenters. The zero-order valence-corrected chi connectivity index (χ0v) is 17.6. The van der Waals surface area contributed by atoms with Gasteiger partial charge in [0.15, 0.2) is 0 Å². The van der Waals surface area contributed by atoms with Crippen molar-refractivity contribution in [2.75, 3.05) is 19.4 Å². The molecular weight excluding hydrogens is 408 g/mol. The Morgan fingerprint density at radius 3 is 2.75 bits per heavy atom. The topological polar surface area (TPSA) is 78.8 Å². The maximum Gasteiger partial charge on any atom is 0.411 e. The summed E-state index contributed by atoms with van der Waals surface area (Å²) in [6, 6.07) is 9.46. The summed E-state index contributed by atoms with van der Waals surface area (Å²) in [5.41, 5.74) is 2.54. The van der Waals surface area contributed by atoms with Gasteiger partial charge in [0, 0.05) is 36.3 Å². The normalized spacial score (nSPS) is 17.4. The average molecular weight is 443 g/mol. The number of amides is 1. The zero-order valence-electron chi connectivity index (χ0n) is 23.6. The summed E-state index contributed by atoms with van der Waals surface area (Å²) >= 11 is 0. The number of esters is 1. The Balaban J connectivity index is 1.62. The summed E-state index contributed by atoms with van der Waals surface area (Å²) in [5.74, 6) is -1.23. The van der Waals surface area contributed by atoms with E-state index in [2.05, 4.69) is 10.1 Å². The Bertz CT molecular complexity index is 1340. The van der Waals surface area contributed by atoms with Crippen LogP contribution < -0.4 is 10.1 Å². The molecule has 7 heteroatoms. The molecule has 1 heterocycles. The van der Waals surface area contributed by atoms with Gasteiger partial charge in [-0.15, -0.1) is 0 Å². The van der Waals surface area contributed by atoms with Crippen molar-refractivity contribution in [1.29, 1.82) is 0 Å². The van der Waals surface area contributed by atoms with E-state index >= 15 is 0 Å². The van der Waals surface area contributed by atoms with Crippen LogP contribution in [0.1, 0.15) is 55.4 Å². The van der Waals surface area contributed by atoms with Crippen molar-refractivity contribution in [2.24, 2.45) is 7.05 Å². The predicted molar refractivity (Wildman–Crippen MR) is 122 cm³/mol. The SMILES string of the molecule is [2H]C([2H])([2H])OC(=O)c1ccc(Cc2cn(C)c3ccc(NC(=O)OC4CCCC4)cc23)c(OC([2H])([2H])[2H])c1. The summed E-state index contributed by atoms with van der Waals surface area (Å²) < 4.78 is 60.9. The Morgan fingerprint density at radius 2 is 1.97 bits per heavy atom. The Kier molecular flexibility index (Phi) is 4.48. The first-order valence-corrected chi connectivity index (χ1v) is 10.4. The molecule has 1 N–H and O–H groups in total. The number of methoxy groups -OCH3 is 2. The number of hydrogen-bond donors (Lipinski definition) is 1. The molecule has 1 aliphatic rings. The van der Waals surface area contributed by atoms with Gasteiger partial charge in [0.25, 0.3) is 0 Å². The maximum atomic E-state index is 12.4. The summed E-state index contributed by atoms with van der Waals surface area (Å²) in [7, 11) is -3.89. The number of nitrogens with zero attached hydrogens (tertiary/aromatic N) is 1. The van der Waals surface area contributed by atoms with Gasteiger partial charge in [-0.2, -0.15) is 0 Å². The molecule has 0 bridgehead atoms. The third-order valence-corrected chi connectivity index (χ3v) is 5.78. The van der Waals surface area contributed by atoms with E-state index in [-0.39, 0.29) is 23.8 Å². The molecule has 1 saturated carbocycles. The van der Waals surface area contributed by atoms with Gasteiger partial charge in [0.05, 0.1) is 27.9 Å². The van der Waals surface area contributed by atoms with Gasteiger partial charge in [-0.3, -0.25) is 5.32 Å². The van der Waals surface area contributed by atoms with Gasteiger partial charge in [-0.25, -0.2) is 9.59 Å². The first kappa shape index (κ1) is 15.3. The highest BCUT2D eigenvalue weighted by atomic mass is 16.6. The molecular formula is C25H28N2O5. The monoisotopic (exact) mass is 442 g/mol. The number of nitrogens with one attached hydrogen (secondary N) is 1. The lowest BCUT2D eigenvalue weighted by Crippen LogP contribution is -2.20. The molecule has 1 aromatic heterocycles. The van der Waals surface area contributed by atoms with Crippen LogP contribution in [-0.2, 0) is 22.9 Å². The minimum absolute atomic E-state index is 0.0670. The molecule has 7 nitrogen and oxygen atoms in total. The van der Waals surface area contributed by atoms with Crippen LogP contribution in [-0.4, -0.2) is 36.8 Å². The van der Waals surface area contributed by atoms with Crippen LogP contribution in [0.15, 0.2) is 42.6 Å². The van der Waals surface area contributed by atoms with Crippen molar-refractivity contribution in [3.8, 4) is 5.75 Å². The van der Waals surface area contributed by atoms with Crippen molar-refractivity contribution in [3.05, 3.63) is 59.3 Å². The number of carbonyl (C=O) groups excluding carboxylic acids is 2. The van der Waals surface area contributed by atoms with E-state index in [0.29, 0.717) is 11.3 Å². The number of benzene rings is 2. The lowest BCUT2D eigenvalue weighted by atomic mass is 10.0. The van der Waals surface area contributed by atoms with Crippen LogP contribution in [0.25, 0.3) is 10.9 Å². The molecule has 2 aromatic carbocycles. The lowest BCUT2D eigenvalue weighted by molar-refractivity contribution is 0.0600. The van der Waals surface area contributed by atoms with Crippen LogP contribution >= 0.6 is 0 Å². The number of ether oxygens (including phenoxy) is 3. The summed E-state index contributed by atoms with van der Waals surface area (Å²) in [4.78, 5) is 24.6. The van der Waals surface area contributed by atoms with Gasteiger partial charge < -0.3 is 18.8 Å². The number of fused-ring (bicyclic) bond motifs is 1. The third kappa shape index (κ3) is 4.56. The Morgan fingerprint density at radius 1 is 1.12 bits per heavy atom. The third-order valence-electron chi connectivity index (χ3n) is 5.78. The van der Waals surface area contributed by atoms with E-state index in [4.69, 9.17) is 17.7 Å². The molecule has 3 aromatic rings. The van der Waals surface area contributed by atoms with E-state index in [1.54, 1.807) is 6.07 Å². The fourth-order valence-corrected chi connectivity index (χ4v) is 4.18. The van der Waals surface area contributed by atoms with E-state index in [9.17, 15) is 9.59 Å². The number of hydrogen-bond acceptors (Lipinski definition) is 5. The molecule has 1 fully saturated rings. The van der Waals surface area contributed by atoms with Crippen molar-refractivity contribution in [2.45, 2.75) is 38.2 Å². The lowest BCUT2D eigenvalue weighted by Gasteiger charge is -2.12. The molecule has 168 valence electrons. The summed E-state index contributed by atoms with van der Waals surface area (Å²) in [6.45, 7) is 0. The Labute approximate surface area is 195 Å². The van der Waals surface area contributed by atoms with Crippen molar-refractivity contribution < 1.29 is 32.0 Å². The number of carbonyl (C=O) groups is 2. The molecule has 32 heavy (non-hydrogen) atoms. The fraction of sp³-hybridized carbons (Fsp3) is 0.360. The average Bonchev–Trinajstić information content (AvgIpc) is 3.40. The van der Waals surface area contributed by atoms with Crippen LogP contribution in [0.4, 0.5) is 10.5 Å². The van der Waals surface area contributed by atoms with Crippen molar-refractivity contribution in [3.63, 3.8) is 0 Å². The largest absolute Gasteiger partial charge is 0.496 e. The fourth-order valence-electron chi connectivity index (χ4n) is 4.18. The van der Waals surface area contributed by atoms with Gasteiger partial charge in [0.1, 0.15) is 11.9 Å². The first-order valence-electron chi connectivity index (χ1n) is 13.4. The van der Waals surface area contributed by atoms with Gasteiger partial charge in [-0.1, -0.05) is 6.07 Å². The summed E-state index contributed by atoms with van der Waals surface area (Å²) in [6.07, 6.45) is 5.35. The molecule has 4 rings (SSSR count). The molecule has 0 atom stereocenters. The van der Waals surface area contributed by atoms with Crippen molar-refractivity contribution >= 4 is 28.7 Å². The van der Waals surface area contributed by atoms with E-state index in [1.165, 1.54) is 12.1 Å². The summed E-state index contributed by atoms with van der Waals surface area (Å²) in [5, 5.41) is 3.59. The molecule has 1 amide bonds. The van der Waals surface area contributed by atoms with Crippen LogP contribution in [0, 0.1) is 0 Å². The second-order valence-corrected chi connectivity index (χ2v) is 7.92. The minimum atomic E-state index is -2.95. The van der Waals surface area contributed by atoms with E-state index < -0.39 is 26.1 Å². The zero-order chi connectivity index (χ0) is 27.7. The van der Waals surface area contributed by atoms with Crippen LogP contribution in [0.5, 0.6) is 5.75 Å². The van der Waals surface area contributed by atoms with E-state index in [0.717, 1.165) is 48.2 Å². The second-order valence-electron chi connectivity index (χ2n) is 7.92. The number of aromatic nitrogens is 1. The molecule has 0 spiro atoms. The van der Waals surface area contributed by atoms with Gasteiger partial charge in [-0.05, 0) is 67.1 Å². The molecule has 1 aliphatic carbocycles. The predicted octanol–water partition coefficient (Wildman–Crippen LogP) is 5.06. The Hall–Kier alpha value is -3.48. The van der Waals surface area contributed by atoms with Crippen molar-refractivity contribution in [1.82, 2.24) is 4.57 Å². The number of anilines is 1. The standard InChI is InChI=1S/C25H28N2O5/c1-27-15-18(12-16-8-9-17(24(28)31-3)13-23(16)30-2)21-14-19(10-11-22(21)27)26-25(29)32-20-6-4-5-7-20/h8-11,13-15,20H,4-7,12H2,1-3H3,(H,26,29)/i2D3,3D3. The quantitative estimate of drug-likeness (QED) is 0.540. The van der Waals surface area contributed by atoms with Gasteiger partial charge >= 0.3 is 12.1 Å². The smallest absolute Gasteiger partial charge is 0.411 e. The van der Waals surface area contributed by atoms with Crippen LogP contribution in [0.2, 0.25) is 0 Å². The second kappa shape index (κ2) is 9.34. The first-order chi connectivity index (χ1) is 17.8. The maximum absolute atomic E-state index is 12.4. The highest BCUT2D eigenvalue weighted by molar-refractivity contribution is 5.92. The highest BCUT2D eigenvalue weighted by Crippen LogP contribution is 2.30. The number of aryl methyl sites for hydroxylation is 1. The van der Waals surface area contributed by atoms with Gasteiger partial charge in [0.2, 0.25) is 0 Å². The van der Waals surface area contributed by atoms with Crippen LogP contribution in [0.3, 0.4) is 0 Å². The molecule has 0 radical (unpaired) electrons. The molecule has 0 saturated heterocycles. The molecule has 0 aliphatic heterocycles. The minimum Gasteiger partial charge on any atom is -0.496 e. The van der Waals surface area contributed by atoms with E-state index in [1.807, 2.05) is 29.9 Å². The highest BCUT2D eigenvalue weighted by Gasteiger charge is 2.19.